The standard InChI is InChI=1S/C17H24BrNO2/c1-19(15-5-2-3-6-17(15)21)12-4-7-16(20)13-8-10-14(18)11-9-13/h8-11,15,17,21H,2-7,12H2,1H3. The molecule has 4 heteroatoms. The normalized spacial score (nSPS) is 22.5. The van der Waals surface area contributed by atoms with Crippen LogP contribution in [0.25, 0.3) is 0 Å². The number of nitrogens with zero attached hydrogens (tertiary/aromatic N) is 1. The minimum atomic E-state index is -0.203. The van der Waals surface area contributed by atoms with Gasteiger partial charge in [-0.3, -0.25) is 4.79 Å². The Morgan fingerprint density at radius 3 is 2.62 bits per heavy atom. The van der Waals surface area contributed by atoms with E-state index in [1.165, 1.54) is 6.42 Å². The zero-order valence-corrected chi connectivity index (χ0v) is 14.2. The van der Waals surface area contributed by atoms with Crippen molar-refractivity contribution in [2.75, 3.05) is 13.6 Å². The number of hydrogen-bond donors (Lipinski definition) is 1. The summed E-state index contributed by atoms with van der Waals surface area (Å²) < 4.78 is 0.991. The topological polar surface area (TPSA) is 40.5 Å². The lowest BCUT2D eigenvalue weighted by Gasteiger charge is -2.35. The predicted octanol–water partition coefficient (Wildman–Crippen LogP) is 3.65. The Morgan fingerprint density at radius 1 is 1.29 bits per heavy atom. The maximum Gasteiger partial charge on any atom is 0.162 e. The average Bonchev–Trinajstić information content (AvgIpc) is 2.48. The first kappa shape index (κ1) is 16.7. The molecule has 116 valence electrons. The molecule has 1 saturated carbocycles. The highest BCUT2D eigenvalue weighted by Crippen LogP contribution is 2.22. The van der Waals surface area contributed by atoms with Gasteiger partial charge < -0.3 is 10.0 Å². The molecule has 3 nitrogen and oxygen atoms in total. The number of likely N-dealkylation sites (N-methyl/N-ethyl adjacent to an activating group) is 1. The molecule has 1 aromatic rings. The molecule has 0 aromatic heterocycles. The Bertz CT molecular complexity index is 460. The van der Waals surface area contributed by atoms with Crippen LogP contribution in [0.2, 0.25) is 0 Å². The fourth-order valence-electron chi connectivity index (χ4n) is 3.04. The van der Waals surface area contributed by atoms with Crippen molar-refractivity contribution in [1.29, 1.82) is 0 Å². The van der Waals surface area contributed by atoms with Crippen LogP contribution in [-0.2, 0) is 0 Å². The number of benzene rings is 1. The molecule has 0 aliphatic heterocycles. The maximum atomic E-state index is 12.1. The summed E-state index contributed by atoms with van der Waals surface area (Å²) in [7, 11) is 2.06. The van der Waals surface area contributed by atoms with Crippen molar-refractivity contribution in [3.63, 3.8) is 0 Å². The van der Waals surface area contributed by atoms with Gasteiger partial charge in [0.1, 0.15) is 0 Å². The molecule has 0 amide bonds. The molecule has 0 heterocycles. The molecule has 2 atom stereocenters. The van der Waals surface area contributed by atoms with Crippen LogP contribution in [0.4, 0.5) is 0 Å². The lowest BCUT2D eigenvalue weighted by molar-refractivity contribution is 0.0316. The van der Waals surface area contributed by atoms with Gasteiger partial charge in [-0.15, -0.1) is 0 Å². The summed E-state index contributed by atoms with van der Waals surface area (Å²) in [5, 5.41) is 10.0. The molecule has 0 bridgehead atoms. The molecule has 1 N–H and O–H groups in total. The van der Waals surface area contributed by atoms with Crippen molar-refractivity contribution in [1.82, 2.24) is 4.90 Å². The van der Waals surface area contributed by atoms with E-state index in [0.717, 1.165) is 42.3 Å². The van der Waals surface area contributed by atoms with Crippen LogP contribution in [0.1, 0.15) is 48.9 Å². The lowest BCUT2D eigenvalue weighted by atomic mass is 9.91. The van der Waals surface area contributed by atoms with E-state index >= 15 is 0 Å². The number of ketones is 1. The van der Waals surface area contributed by atoms with Gasteiger partial charge in [0.2, 0.25) is 0 Å². The van der Waals surface area contributed by atoms with Crippen LogP contribution in [0.5, 0.6) is 0 Å². The number of aliphatic hydroxyl groups is 1. The van der Waals surface area contributed by atoms with E-state index in [1.807, 2.05) is 24.3 Å². The zero-order valence-electron chi connectivity index (χ0n) is 12.6. The van der Waals surface area contributed by atoms with Crippen LogP contribution in [0, 0.1) is 0 Å². The van der Waals surface area contributed by atoms with Gasteiger partial charge in [-0.05, 0) is 45.0 Å². The van der Waals surface area contributed by atoms with Gasteiger partial charge in [-0.25, -0.2) is 0 Å². The minimum Gasteiger partial charge on any atom is -0.391 e. The third kappa shape index (κ3) is 4.90. The van der Waals surface area contributed by atoms with Gasteiger partial charge in [0.15, 0.2) is 5.78 Å². The maximum absolute atomic E-state index is 12.1. The fourth-order valence-corrected chi connectivity index (χ4v) is 3.31. The number of carbonyl (C=O) groups is 1. The first-order chi connectivity index (χ1) is 10.1. The third-order valence-corrected chi connectivity index (χ3v) is 4.87. The summed E-state index contributed by atoms with van der Waals surface area (Å²) in [6.07, 6.45) is 5.51. The molecule has 2 rings (SSSR count). The van der Waals surface area contributed by atoms with E-state index in [9.17, 15) is 9.90 Å². The molecule has 1 aliphatic carbocycles. The molecule has 0 spiro atoms. The monoisotopic (exact) mass is 353 g/mol. The van der Waals surface area contributed by atoms with Crippen molar-refractivity contribution in [3.8, 4) is 0 Å². The van der Waals surface area contributed by atoms with Crippen LogP contribution in [0.15, 0.2) is 28.7 Å². The third-order valence-electron chi connectivity index (χ3n) is 4.34. The molecule has 0 radical (unpaired) electrons. The van der Waals surface area contributed by atoms with Gasteiger partial charge in [-0.1, -0.05) is 40.9 Å². The second-order valence-electron chi connectivity index (χ2n) is 5.93. The smallest absolute Gasteiger partial charge is 0.162 e. The molecule has 21 heavy (non-hydrogen) atoms. The van der Waals surface area contributed by atoms with E-state index in [4.69, 9.17) is 0 Å². The van der Waals surface area contributed by atoms with Gasteiger partial charge in [0, 0.05) is 22.5 Å². The summed E-state index contributed by atoms with van der Waals surface area (Å²) in [4.78, 5) is 14.3. The van der Waals surface area contributed by atoms with Crippen molar-refractivity contribution >= 4 is 21.7 Å². The Kier molecular flexibility index (Phi) is 6.40. The van der Waals surface area contributed by atoms with Crippen LogP contribution in [-0.4, -0.2) is 41.5 Å². The summed E-state index contributed by atoms with van der Waals surface area (Å²) in [6, 6.07) is 7.79. The molecule has 0 saturated heterocycles. The van der Waals surface area contributed by atoms with E-state index in [0.29, 0.717) is 6.42 Å². The lowest BCUT2D eigenvalue weighted by Crippen LogP contribution is -2.43. The number of aliphatic hydroxyl groups excluding tert-OH is 1. The van der Waals surface area contributed by atoms with E-state index in [-0.39, 0.29) is 17.9 Å². The van der Waals surface area contributed by atoms with Gasteiger partial charge >= 0.3 is 0 Å². The quantitative estimate of drug-likeness (QED) is 0.793. The van der Waals surface area contributed by atoms with Gasteiger partial charge in [0.25, 0.3) is 0 Å². The van der Waals surface area contributed by atoms with Crippen molar-refractivity contribution < 1.29 is 9.90 Å². The fraction of sp³-hybridized carbons (Fsp3) is 0.588. The van der Waals surface area contributed by atoms with Crippen LogP contribution < -0.4 is 0 Å². The number of Topliss-reactive ketones (excluding diaryl/α,β-unsaturated/α-hetero) is 1. The summed E-state index contributed by atoms with van der Waals surface area (Å²) >= 11 is 3.37. The Balaban J connectivity index is 1.75. The average molecular weight is 354 g/mol. The van der Waals surface area contributed by atoms with Crippen LogP contribution in [0.3, 0.4) is 0 Å². The molecule has 1 aromatic carbocycles. The van der Waals surface area contributed by atoms with Crippen molar-refractivity contribution in [2.45, 2.75) is 50.7 Å². The second-order valence-corrected chi connectivity index (χ2v) is 6.85. The Labute approximate surface area is 135 Å². The first-order valence-electron chi connectivity index (χ1n) is 7.75. The Morgan fingerprint density at radius 2 is 1.95 bits per heavy atom. The van der Waals surface area contributed by atoms with Crippen molar-refractivity contribution in [2.24, 2.45) is 0 Å². The zero-order chi connectivity index (χ0) is 15.2. The highest BCUT2D eigenvalue weighted by Gasteiger charge is 2.26. The molecular weight excluding hydrogens is 330 g/mol. The number of hydrogen-bond acceptors (Lipinski definition) is 3. The van der Waals surface area contributed by atoms with Gasteiger partial charge in [0.05, 0.1) is 6.10 Å². The van der Waals surface area contributed by atoms with Gasteiger partial charge in [-0.2, -0.15) is 0 Å². The van der Waals surface area contributed by atoms with Crippen LogP contribution >= 0.6 is 15.9 Å². The molecule has 2 unspecified atom stereocenters. The SMILES string of the molecule is CN(CCCC(=O)c1ccc(Br)cc1)C1CCCCC1O. The highest BCUT2D eigenvalue weighted by molar-refractivity contribution is 9.10. The molecular formula is C17H24BrNO2. The number of halogens is 1. The minimum absolute atomic E-state index is 0.195. The summed E-state index contributed by atoms with van der Waals surface area (Å²) in [6.45, 7) is 0.865. The summed E-state index contributed by atoms with van der Waals surface area (Å²) in [5.74, 6) is 0.195. The first-order valence-corrected chi connectivity index (χ1v) is 8.54. The largest absolute Gasteiger partial charge is 0.391 e. The predicted molar refractivity (Wildman–Crippen MR) is 88.6 cm³/mol. The van der Waals surface area contributed by atoms with E-state index < -0.39 is 0 Å². The van der Waals surface area contributed by atoms with E-state index in [2.05, 4.69) is 27.9 Å². The van der Waals surface area contributed by atoms with E-state index in [1.54, 1.807) is 0 Å². The summed E-state index contributed by atoms with van der Waals surface area (Å²) in [5.41, 5.74) is 0.776. The second kappa shape index (κ2) is 8.06. The molecule has 1 aliphatic rings. The highest BCUT2D eigenvalue weighted by atomic mass is 79.9. The number of rotatable bonds is 6. The number of carbonyl (C=O) groups excluding carboxylic acids is 1. The molecule has 1 fully saturated rings. The van der Waals surface area contributed by atoms with Crippen molar-refractivity contribution in [3.05, 3.63) is 34.3 Å². The Hall–Kier alpha value is -0.710.